The highest BCUT2D eigenvalue weighted by Crippen LogP contribution is 2.33. The highest BCUT2D eigenvalue weighted by molar-refractivity contribution is 9.10. The second-order valence-corrected chi connectivity index (χ2v) is 9.51. The predicted molar refractivity (Wildman–Crippen MR) is 142 cm³/mol. The van der Waals surface area contributed by atoms with Crippen LogP contribution in [0.1, 0.15) is 27.0 Å². The molecule has 5 nitrogen and oxygen atoms in total. The first-order valence-electron chi connectivity index (χ1n) is 11.2. The van der Waals surface area contributed by atoms with E-state index in [1.807, 2.05) is 68.6 Å². The molecule has 3 aromatic carbocycles. The van der Waals surface area contributed by atoms with Crippen LogP contribution in [0.15, 0.2) is 77.4 Å². The second-order valence-electron chi connectivity index (χ2n) is 8.59. The molecule has 1 amide bonds. The van der Waals surface area contributed by atoms with E-state index >= 15 is 0 Å². The Labute approximate surface area is 206 Å². The number of nitrogens with zero attached hydrogens (tertiary/aromatic N) is 2. The van der Waals surface area contributed by atoms with Crippen molar-refractivity contribution < 1.29 is 4.79 Å². The molecule has 0 atom stereocenters. The van der Waals surface area contributed by atoms with Crippen LogP contribution >= 0.6 is 15.9 Å². The van der Waals surface area contributed by atoms with E-state index in [0.29, 0.717) is 18.7 Å². The van der Waals surface area contributed by atoms with Crippen LogP contribution < -0.4 is 11.1 Å². The second kappa shape index (κ2) is 9.05. The Morgan fingerprint density at radius 3 is 2.53 bits per heavy atom. The van der Waals surface area contributed by atoms with Crippen molar-refractivity contribution in [1.29, 1.82) is 0 Å². The summed E-state index contributed by atoms with van der Waals surface area (Å²) in [6.07, 6.45) is 2.07. The van der Waals surface area contributed by atoms with Crippen LogP contribution in [-0.4, -0.2) is 15.5 Å². The molecule has 3 N–H and O–H groups in total. The van der Waals surface area contributed by atoms with Gasteiger partial charge >= 0.3 is 0 Å². The van der Waals surface area contributed by atoms with E-state index in [0.717, 1.165) is 54.2 Å². The van der Waals surface area contributed by atoms with Gasteiger partial charge in [-0.05, 0) is 53.9 Å². The average Bonchev–Trinajstić information content (AvgIpc) is 3.17. The smallest absolute Gasteiger partial charge is 0.252 e. The van der Waals surface area contributed by atoms with Crippen LogP contribution in [0.25, 0.3) is 33.1 Å². The highest BCUT2D eigenvalue weighted by atomic mass is 79.9. The summed E-state index contributed by atoms with van der Waals surface area (Å²) in [5, 5.41) is 5.00. The maximum absolute atomic E-state index is 13.4. The van der Waals surface area contributed by atoms with Crippen molar-refractivity contribution in [2.75, 3.05) is 0 Å². The van der Waals surface area contributed by atoms with E-state index in [1.54, 1.807) is 0 Å². The standard InChI is InChI=1S/C28H25BrN4O/c1-17-3-9-21-23(28(34)31-15-19-6-4-18(14-30)5-7-19)13-26(32-25(21)11-17)24-16-33(2)27-10-8-20(29)12-22(24)27/h3-13,16H,14-15,30H2,1-2H3,(H,31,34). The third kappa shape index (κ3) is 4.22. The summed E-state index contributed by atoms with van der Waals surface area (Å²) in [5.41, 5.74) is 13.2. The number of carbonyl (C=O) groups is 1. The minimum atomic E-state index is -0.123. The molecule has 0 aliphatic rings. The molecule has 5 aromatic rings. The summed E-state index contributed by atoms with van der Waals surface area (Å²) >= 11 is 3.59. The molecular weight excluding hydrogens is 488 g/mol. The van der Waals surface area contributed by atoms with Crippen LogP contribution in [0.4, 0.5) is 0 Å². The third-order valence-corrected chi connectivity index (χ3v) is 6.64. The van der Waals surface area contributed by atoms with Gasteiger partial charge < -0.3 is 15.6 Å². The Balaban J connectivity index is 1.58. The number of amides is 1. The number of nitrogens with one attached hydrogen (secondary N) is 1. The van der Waals surface area contributed by atoms with Crippen molar-refractivity contribution in [1.82, 2.24) is 14.9 Å². The lowest BCUT2D eigenvalue weighted by Crippen LogP contribution is -2.23. The van der Waals surface area contributed by atoms with Gasteiger partial charge in [0.05, 0.1) is 16.8 Å². The number of hydrogen-bond donors (Lipinski definition) is 2. The lowest BCUT2D eigenvalue weighted by Gasteiger charge is -2.11. The zero-order valence-electron chi connectivity index (χ0n) is 19.1. The summed E-state index contributed by atoms with van der Waals surface area (Å²) in [6.45, 7) is 2.98. The van der Waals surface area contributed by atoms with Gasteiger partial charge in [-0.1, -0.05) is 52.3 Å². The van der Waals surface area contributed by atoms with Crippen molar-refractivity contribution >= 4 is 43.6 Å². The molecule has 5 rings (SSSR count). The number of rotatable bonds is 5. The number of aromatic nitrogens is 2. The summed E-state index contributed by atoms with van der Waals surface area (Å²) in [7, 11) is 2.02. The lowest BCUT2D eigenvalue weighted by molar-refractivity contribution is 0.0952. The van der Waals surface area contributed by atoms with Gasteiger partial charge in [-0.25, -0.2) is 4.98 Å². The van der Waals surface area contributed by atoms with Crippen molar-refractivity contribution in [2.45, 2.75) is 20.0 Å². The Bertz CT molecular complexity index is 1540. The molecule has 0 radical (unpaired) electrons. The molecule has 0 spiro atoms. The van der Waals surface area contributed by atoms with Crippen LogP contribution in [0.2, 0.25) is 0 Å². The quantitative estimate of drug-likeness (QED) is 0.310. The zero-order valence-corrected chi connectivity index (χ0v) is 20.7. The van der Waals surface area contributed by atoms with E-state index in [1.165, 1.54) is 0 Å². The number of carbonyl (C=O) groups excluding carboxylic acids is 1. The van der Waals surface area contributed by atoms with Crippen LogP contribution in [0.3, 0.4) is 0 Å². The molecule has 0 aliphatic heterocycles. The van der Waals surface area contributed by atoms with Gasteiger partial charge in [0.25, 0.3) is 5.91 Å². The first-order chi connectivity index (χ1) is 16.4. The molecule has 0 bridgehead atoms. The molecule has 6 heteroatoms. The van der Waals surface area contributed by atoms with Crippen LogP contribution in [0, 0.1) is 6.92 Å². The Kier molecular flexibility index (Phi) is 5.94. The molecule has 0 aliphatic carbocycles. The monoisotopic (exact) mass is 512 g/mol. The molecule has 0 saturated carbocycles. The Hall–Kier alpha value is -3.48. The summed E-state index contributed by atoms with van der Waals surface area (Å²) < 4.78 is 3.09. The lowest BCUT2D eigenvalue weighted by atomic mass is 10.0. The fraction of sp³-hybridized carbons (Fsp3) is 0.143. The van der Waals surface area contributed by atoms with Gasteiger partial charge in [0.1, 0.15) is 0 Å². The van der Waals surface area contributed by atoms with Crippen molar-refractivity contribution in [3.8, 4) is 11.3 Å². The maximum Gasteiger partial charge on any atom is 0.252 e. The number of pyridine rings is 1. The van der Waals surface area contributed by atoms with E-state index in [-0.39, 0.29) is 5.91 Å². The molecule has 34 heavy (non-hydrogen) atoms. The molecule has 2 aromatic heterocycles. The fourth-order valence-electron chi connectivity index (χ4n) is 4.30. The normalized spacial score (nSPS) is 11.3. The predicted octanol–water partition coefficient (Wildman–Crippen LogP) is 5.85. The minimum Gasteiger partial charge on any atom is -0.350 e. The Morgan fingerprint density at radius 1 is 1.00 bits per heavy atom. The van der Waals surface area contributed by atoms with Crippen LogP contribution in [0.5, 0.6) is 0 Å². The SMILES string of the molecule is Cc1ccc2c(C(=O)NCc3ccc(CN)cc3)cc(-c3cn(C)c4ccc(Br)cc34)nc2c1. The third-order valence-electron chi connectivity index (χ3n) is 6.15. The summed E-state index contributed by atoms with van der Waals surface area (Å²) in [6, 6.07) is 22.1. The number of benzene rings is 3. The summed E-state index contributed by atoms with van der Waals surface area (Å²) in [5.74, 6) is -0.123. The minimum absolute atomic E-state index is 0.123. The topological polar surface area (TPSA) is 72.9 Å². The number of fused-ring (bicyclic) bond motifs is 2. The molecule has 0 fully saturated rings. The molecule has 0 saturated heterocycles. The van der Waals surface area contributed by atoms with Gasteiger partial charge in [-0.2, -0.15) is 0 Å². The first kappa shape index (κ1) is 22.3. The number of halogens is 1. The molecule has 0 unspecified atom stereocenters. The number of hydrogen-bond acceptors (Lipinski definition) is 3. The number of aryl methyl sites for hydroxylation is 2. The maximum atomic E-state index is 13.4. The van der Waals surface area contributed by atoms with E-state index in [4.69, 9.17) is 10.7 Å². The van der Waals surface area contributed by atoms with Crippen molar-refractivity contribution in [2.24, 2.45) is 12.8 Å². The average molecular weight is 513 g/mol. The fourth-order valence-corrected chi connectivity index (χ4v) is 4.66. The number of nitrogens with two attached hydrogens (primary N) is 1. The van der Waals surface area contributed by atoms with E-state index in [9.17, 15) is 4.79 Å². The molecule has 170 valence electrons. The van der Waals surface area contributed by atoms with Crippen LogP contribution in [-0.2, 0) is 20.1 Å². The Morgan fingerprint density at radius 2 is 1.76 bits per heavy atom. The van der Waals surface area contributed by atoms with Gasteiger partial charge in [0.15, 0.2) is 0 Å². The molecule has 2 heterocycles. The largest absolute Gasteiger partial charge is 0.350 e. The van der Waals surface area contributed by atoms with Crippen molar-refractivity contribution in [3.05, 3.63) is 99.7 Å². The van der Waals surface area contributed by atoms with Gasteiger partial charge in [0, 0.05) is 52.7 Å². The van der Waals surface area contributed by atoms with Gasteiger partial charge in [0.2, 0.25) is 0 Å². The van der Waals surface area contributed by atoms with E-state index < -0.39 is 0 Å². The summed E-state index contributed by atoms with van der Waals surface area (Å²) in [4.78, 5) is 18.3. The van der Waals surface area contributed by atoms with Gasteiger partial charge in [-0.15, -0.1) is 0 Å². The zero-order chi connectivity index (χ0) is 23.8. The van der Waals surface area contributed by atoms with E-state index in [2.05, 4.69) is 44.1 Å². The molecular formula is C28H25BrN4O. The highest BCUT2D eigenvalue weighted by Gasteiger charge is 2.17. The van der Waals surface area contributed by atoms with Crippen molar-refractivity contribution in [3.63, 3.8) is 0 Å². The van der Waals surface area contributed by atoms with Gasteiger partial charge in [-0.3, -0.25) is 4.79 Å². The first-order valence-corrected chi connectivity index (χ1v) is 11.9.